The molecule has 1 fully saturated rings. The van der Waals surface area contributed by atoms with Crippen molar-refractivity contribution in [2.45, 2.75) is 31.9 Å². The zero-order valence-corrected chi connectivity index (χ0v) is 11.7. The van der Waals surface area contributed by atoms with Crippen LogP contribution >= 0.6 is 11.6 Å². The SMILES string of the molecule is COCCN(c1ccc(C(C)O)c(Cl)c1)C1CC1. The molecule has 2 rings (SSSR count). The average molecular weight is 270 g/mol. The fourth-order valence-electron chi connectivity index (χ4n) is 2.13. The summed E-state index contributed by atoms with van der Waals surface area (Å²) in [6, 6.07) is 6.50. The molecule has 4 heteroatoms. The summed E-state index contributed by atoms with van der Waals surface area (Å²) >= 11 is 6.21. The van der Waals surface area contributed by atoms with Crippen molar-refractivity contribution in [3.8, 4) is 0 Å². The Labute approximate surface area is 113 Å². The second kappa shape index (κ2) is 5.91. The quantitative estimate of drug-likeness (QED) is 0.862. The number of halogens is 1. The van der Waals surface area contributed by atoms with E-state index in [4.69, 9.17) is 16.3 Å². The molecule has 0 bridgehead atoms. The number of hydrogen-bond acceptors (Lipinski definition) is 3. The van der Waals surface area contributed by atoms with Gasteiger partial charge >= 0.3 is 0 Å². The Kier molecular flexibility index (Phi) is 4.49. The molecule has 0 radical (unpaired) electrons. The Balaban J connectivity index is 2.17. The van der Waals surface area contributed by atoms with Gasteiger partial charge in [0.2, 0.25) is 0 Å². The van der Waals surface area contributed by atoms with Gasteiger partial charge in [0.05, 0.1) is 12.7 Å². The molecule has 1 aliphatic rings. The van der Waals surface area contributed by atoms with Gasteiger partial charge in [0.25, 0.3) is 0 Å². The highest BCUT2D eigenvalue weighted by atomic mass is 35.5. The minimum atomic E-state index is -0.528. The van der Waals surface area contributed by atoms with Crippen LogP contribution < -0.4 is 4.90 Å². The van der Waals surface area contributed by atoms with Crippen molar-refractivity contribution in [1.29, 1.82) is 0 Å². The van der Waals surface area contributed by atoms with Crippen molar-refractivity contribution in [3.63, 3.8) is 0 Å². The van der Waals surface area contributed by atoms with Gasteiger partial charge in [-0.25, -0.2) is 0 Å². The number of anilines is 1. The molecule has 1 unspecified atom stereocenters. The van der Waals surface area contributed by atoms with Gasteiger partial charge in [0.1, 0.15) is 0 Å². The molecule has 0 aromatic heterocycles. The number of methoxy groups -OCH3 is 1. The van der Waals surface area contributed by atoms with E-state index in [1.807, 2.05) is 18.2 Å². The van der Waals surface area contributed by atoms with Crippen molar-refractivity contribution in [1.82, 2.24) is 0 Å². The Morgan fingerprint density at radius 2 is 2.22 bits per heavy atom. The molecule has 0 saturated heterocycles. The highest BCUT2D eigenvalue weighted by Gasteiger charge is 2.29. The van der Waals surface area contributed by atoms with Crippen LogP contribution in [0.3, 0.4) is 0 Å². The molecular weight excluding hydrogens is 250 g/mol. The first-order valence-corrected chi connectivity index (χ1v) is 6.74. The van der Waals surface area contributed by atoms with Gasteiger partial charge in [-0.2, -0.15) is 0 Å². The maximum absolute atomic E-state index is 9.58. The van der Waals surface area contributed by atoms with Crippen LogP contribution in [0.15, 0.2) is 18.2 Å². The van der Waals surface area contributed by atoms with Gasteiger partial charge < -0.3 is 14.7 Å². The van der Waals surface area contributed by atoms with E-state index in [1.54, 1.807) is 14.0 Å². The average Bonchev–Trinajstić information content (AvgIpc) is 3.13. The topological polar surface area (TPSA) is 32.7 Å². The van der Waals surface area contributed by atoms with Crippen molar-refractivity contribution in [2.24, 2.45) is 0 Å². The van der Waals surface area contributed by atoms with Crippen LogP contribution in [0.4, 0.5) is 5.69 Å². The Morgan fingerprint density at radius 3 is 2.72 bits per heavy atom. The molecule has 1 saturated carbocycles. The van der Waals surface area contributed by atoms with Crippen LogP contribution in [0.25, 0.3) is 0 Å². The molecule has 100 valence electrons. The van der Waals surface area contributed by atoms with E-state index in [9.17, 15) is 5.11 Å². The normalized spacial score (nSPS) is 16.7. The number of benzene rings is 1. The fourth-order valence-corrected chi connectivity index (χ4v) is 2.46. The van der Waals surface area contributed by atoms with Crippen LogP contribution in [-0.2, 0) is 4.74 Å². The van der Waals surface area contributed by atoms with Crippen molar-refractivity contribution >= 4 is 17.3 Å². The number of aliphatic hydroxyl groups is 1. The molecule has 1 aromatic carbocycles. The van der Waals surface area contributed by atoms with Crippen LogP contribution in [0, 0.1) is 0 Å². The third kappa shape index (κ3) is 3.16. The fraction of sp³-hybridized carbons (Fsp3) is 0.571. The number of hydrogen-bond donors (Lipinski definition) is 1. The summed E-state index contributed by atoms with van der Waals surface area (Å²) in [5.74, 6) is 0. The monoisotopic (exact) mass is 269 g/mol. The zero-order valence-electron chi connectivity index (χ0n) is 10.9. The number of rotatable bonds is 6. The predicted octanol–water partition coefficient (Wildman–Crippen LogP) is 3.01. The standard InChI is InChI=1S/C14H20ClNO2/c1-10(17)13-6-5-12(9-14(13)15)16(7-8-18-2)11-3-4-11/h5-6,9-11,17H,3-4,7-8H2,1-2H3. The molecule has 0 aliphatic heterocycles. The molecule has 1 N–H and O–H groups in total. The highest BCUT2D eigenvalue weighted by Crippen LogP contribution is 2.34. The summed E-state index contributed by atoms with van der Waals surface area (Å²) in [7, 11) is 1.72. The van der Waals surface area contributed by atoms with Crippen molar-refractivity contribution in [2.75, 3.05) is 25.2 Å². The van der Waals surface area contributed by atoms with E-state index in [-0.39, 0.29) is 0 Å². The molecule has 0 amide bonds. The molecule has 0 heterocycles. The lowest BCUT2D eigenvalue weighted by Crippen LogP contribution is -2.29. The summed E-state index contributed by atoms with van der Waals surface area (Å²) in [5, 5.41) is 10.2. The molecule has 1 atom stereocenters. The Bertz CT molecular complexity index is 405. The van der Waals surface area contributed by atoms with Crippen LogP contribution in [0.5, 0.6) is 0 Å². The summed E-state index contributed by atoms with van der Waals surface area (Å²) in [5.41, 5.74) is 1.90. The molecule has 3 nitrogen and oxygen atoms in total. The first kappa shape index (κ1) is 13.7. The summed E-state index contributed by atoms with van der Waals surface area (Å²) in [6.45, 7) is 3.32. The first-order valence-electron chi connectivity index (χ1n) is 6.36. The molecule has 18 heavy (non-hydrogen) atoms. The minimum absolute atomic E-state index is 0.528. The minimum Gasteiger partial charge on any atom is -0.389 e. The highest BCUT2D eigenvalue weighted by molar-refractivity contribution is 6.31. The molecule has 1 aliphatic carbocycles. The third-order valence-electron chi connectivity index (χ3n) is 3.29. The maximum Gasteiger partial charge on any atom is 0.0776 e. The second-order valence-corrected chi connectivity index (χ2v) is 5.21. The van der Waals surface area contributed by atoms with Gasteiger partial charge in [-0.05, 0) is 37.5 Å². The van der Waals surface area contributed by atoms with Crippen LogP contribution in [0.1, 0.15) is 31.4 Å². The van der Waals surface area contributed by atoms with Crippen molar-refractivity contribution in [3.05, 3.63) is 28.8 Å². The maximum atomic E-state index is 9.58. The molecular formula is C14H20ClNO2. The lowest BCUT2D eigenvalue weighted by molar-refractivity contribution is 0.199. The first-order chi connectivity index (χ1) is 8.63. The van der Waals surface area contributed by atoms with E-state index in [0.29, 0.717) is 17.7 Å². The van der Waals surface area contributed by atoms with E-state index >= 15 is 0 Å². The van der Waals surface area contributed by atoms with E-state index < -0.39 is 6.10 Å². The second-order valence-electron chi connectivity index (χ2n) is 4.80. The lowest BCUT2D eigenvalue weighted by Gasteiger charge is -2.25. The van der Waals surface area contributed by atoms with Gasteiger partial charge in [-0.3, -0.25) is 0 Å². The van der Waals surface area contributed by atoms with Crippen LogP contribution in [0.2, 0.25) is 5.02 Å². The van der Waals surface area contributed by atoms with Gasteiger partial charge in [-0.15, -0.1) is 0 Å². The lowest BCUT2D eigenvalue weighted by atomic mass is 10.1. The Morgan fingerprint density at radius 1 is 1.50 bits per heavy atom. The van der Waals surface area contributed by atoms with Crippen molar-refractivity contribution < 1.29 is 9.84 Å². The number of ether oxygens (including phenoxy) is 1. The summed E-state index contributed by atoms with van der Waals surface area (Å²) < 4.78 is 5.15. The Hall–Kier alpha value is -0.770. The third-order valence-corrected chi connectivity index (χ3v) is 3.62. The van der Waals surface area contributed by atoms with Crippen LogP contribution in [-0.4, -0.2) is 31.4 Å². The van der Waals surface area contributed by atoms with E-state index in [2.05, 4.69) is 4.90 Å². The van der Waals surface area contributed by atoms with Gasteiger partial charge in [-0.1, -0.05) is 17.7 Å². The molecule has 1 aromatic rings. The van der Waals surface area contributed by atoms with E-state index in [0.717, 1.165) is 17.8 Å². The number of aliphatic hydroxyl groups excluding tert-OH is 1. The van der Waals surface area contributed by atoms with Gasteiger partial charge in [0.15, 0.2) is 0 Å². The zero-order chi connectivity index (χ0) is 13.1. The smallest absolute Gasteiger partial charge is 0.0776 e. The van der Waals surface area contributed by atoms with E-state index in [1.165, 1.54) is 12.8 Å². The largest absolute Gasteiger partial charge is 0.389 e. The number of nitrogens with zero attached hydrogens (tertiary/aromatic N) is 1. The summed E-state index contributed by atoms with van der Waals surface area (Å²) in [4.78, 5) is 2.33. The predicted molar refractivity (Wildman–Crippen MR) is 74.3 cm³/mol. The van der Waals surface area contributed by atoms with Gasteiger partial charge in [0, 0.05) is 30.4 Å². The summed E-state index contributed by atoms with van der Waals surface area (Å²) in [6.07, 6.45) is 1.94. The molecule has 0 spiro atoms.